The van der Waals surface area contributed by atoms with Crippen LogP contribution in [0.5, 0.6) is 5.75 Å². The van der Waals surface area contributed by atoms with E-state index >= 15 is 0 Å². The van der Waals surface area contributed by atoms with Crippen molar-refractivity contribution in [2.45, 2.75) is 26.3 Å². The zero-order valence-corrected chi connectivity index (χ0v) is 16.6. The molecule has 3 rings (SSSR count). The molecule has 142 valence electrons. The number of benzene rings is 2. The van der Waals surface area contributed by atoms with Gasteiger partial charge in [0.15, 0.2) is 0 Å². The standard InChI is InChI=1S/C20H20Cl2N2O3/c1-12-4-6-17-15(10-12)19(23-13(2)25)20(26)24(17)8-3-9-27-18-7-5-14(21)11-16(18)22/h4-7,10-11,19H,3,8-9H2,1-2H3,(H,23,25)/t19-/m0/s1. The van der Waals surface area contributed by atoms with Gasteiger partial charge in [-0.1, -0.05) is 40.9 Å². The van der Waals surface area contributed by atoms with Gasteiger partial charge >= 0.3 is 0 Å². The average molecular weight is 407 g/mol. The van der Waals surface area contributed by atoms with Crippen LogP contribution in [0.2, 0.25) is 10.0 Å². The van der Waals surface area contributed by atoms with Gasteiger partial charge in [0.1, 0.15) is 11.8 Å². The maximum Gasteiger partial charge on any atom is 0.254 e. The highest BCUT2D eigenvalue weighted by Crippen LogP contribution is 2.36. The average Bonchev–Trinajstić information content (AvgIpc) is 2.84. The molecule has 1 aliphatic rings. The van der Waals surface area contributed by atoms with Crippen molar-refractivity contribution in [3.8, 4) is 5.75 Å². The van der Waals surface area contributed by atoms with Crippen LogP contribution in [0, 0.1) is 6.92 Å². The van der Waals surface area contributed by atoms with Crippen LogP contribution >= 0.6 is 23.2 Å². The van der Waals surface area contributed by atoms with Gasteiger partial charge in [0.2, 0.25) is 5.91 Å². The van der Waals surface area contributed by atoms with Crippen molar-refractivity contribution in [1.29, 1.82) is 0 Å². The number of nitrogens with one attached hydrogen (secondary N) is 1. The topological polar surface area (TPSA) is 58.6 Å². The minimum Gasteiger partial charge on any atom is -0.492 e. The van der Waals surface area contributed by atoms with Gasteiger partial charge in [-0.25, -0.2) is 0 Å². The summed E-state index contributed by atoms with van der Waals surface area (Å²) in [5, 5.41) is 3.74. The third-order valence-electron chi connectivity index (χ3n) is 4.32. The van der Waals surface area contributed by atoms with Gasteiger partial charge in [-0.2, -0.15) is 0 Å². The molecule has 1 heterocycles. The number of hydrogen-bond donors (Lipinski definition) is 1. The summed E-state index contributed by atoms with van der Waals surface area (Å²) in [7, 11) is 0. The first kappa shape index (κ1) is 19.5. The number of anilines is 1. The number of carbonyl (C=O) groups excluding carboxylic acids is 2. The van der Waals surface area contributed by atoms with Crippen molar-refractivity contribution < 1.29 is 14.3 Å². The van der Waals surface area contributed by atoms with Gasteiger partial charge in [0.05, 0.1) is 11.6 Å². The SMILES string of the molecule is CC(=O)N[C@@H]1C(=O)N(CCCOc2ccc(Cl)cc2Cl)c2ccc(C)cc21. The highest BCUT2D eigenvalue weighted by molar-refractivity contribution is 6.35. The van der Waals surface area contributed by atoms with E-state index in [1.54, 1.807) is 23.1 Å². The molecule has 2 amide bonds. The molecule has 2 aromatic carbocycles. The van der Waals surface area contributed by atoms with Gasteiger partial charge in [-0.15, -0.1) is 0 Å². The largest absolute Gasteiger partial charge is 0.492 e. The van der Waals surface area contributed by atoms with Crippen LogP contribution in [0.3, 0.4) is 0 Å². The molecule has 2 aromatic rings. The first-order valence-electron chi connectivity index (χ1n) is 8.63. The number of carbonyl (C=O) groups is 2. The fourth-order valence-corrected chi connectivity index (χ4v) is 3.59. The van der Waals surface area contributed by atoms with Gasteiger partial charge in [0.25, 0.3) is 5.91 Å². The first-order valence-corrected chi connectivity index (χ1v) is 9.39. The summed E-state index contributed by atoms with van der Waals surface area (Å²) in [6.45, 7) is 4.25. The van der Waals surface area contributed by atoms with Gasteiger partial charge < -0.3 is 15.0 Å². The third-order valence-corrected chi connectivity index (χ3v) is 4.85. The van der Waals surface area contributed by atoms with E-state index in [1.165, 1.54) is 6.92 Å². The van der Waals surface area contributed by atoms with Crippen molar-refractivity contribution in [3.05, 3.63) is 57.6 Å². The molecular weight excluding hydrogens is 387 g/mol. The van der Waals surface area contributed by atoms with Crippen LogP contribution in [0.15, 0.2) is 36.4 Å². The van der Waals surface area contributed by atoms with Crippen LogP contribution < -0.4 is 15.0 Å². The van der Waals surface area contributed by atoms with Crippen molar-refractivity contribution >= 4 is 40.7 Å². The highest BCUT2D eigenvalue weighted by Gasteiger charge is 2.37. The second-order valence-corrected chi connectivity index (χ2v) is 7.31. The van der Waals surface area contributed by atoms with Crippen molar-refractivity contribution in [2.24, 2.45) is 0 Å². The smallest absolute Gasteiger partial charge is 0.254 e. The van der Waals surface area contributed by atoms with Crippen LogP contribution in [0.4, 0.5) is 5.69 Å². The molecule has 0 spiro atoms. The minimum atomic E-state index is -0.635. The minimum absolute atomic E-state index is 0.129. The summed E-state index contributed by atoms with van der Waals surface area (Å²) in [6, 6.07) is 10.2. The lowest BCUT2D eigenvalue weighted by atomic mass is 10.1. The molecular formula is C20H20Cl2N2O3. The maximum atomic E-state index is 12.8. The number of ether oxygens (including phenoxy) is 1. The van der Waals surface area contributed by atoms with Crippen molar-refractivity contribution in [3.63, 3.8) is 0 Å². The number of amides is 2. The van der Waals surface area contributed by atoms with Crippen LogP contribution in [0.1, 0.15) is 30.5 Å². The number of aryl methyl sites for hydroxylation is 1. The molecule has 0 bridgehead atoms. The molecule has 0 saturated carbocycles. The lowest BCUT2D eigenvalue weighted by Gasteiger charge is -2.18. The Bertz CT molecular complexity index is 886. The lowest BCUT2D eigenvalue weighted by molar-refractivity contribution is -0.126. The molecule has 0 fully saturated rings. The van der Waals surface area contributed by atoms with E-state index in [4.69, 9.17) is 27.9 Å². The van der Waals surface area contributed by atoms with Gasteiger partial charge in [-0.3, -0.25) is 9.59 Å². The zero-order valence-electron chi connectivity index (χ0n) is 15.1. The van der Waals surface area contributed by atoms with Gasteiger partial charge in [-0.05, 0) is 37.6 Å². The van der Waals surface area contributed by atoms with Crippen LogP contribution in [-0.2, 0) is 9.59 Å². The normalized spacial score (nSPS) is 15.6. The molecule has 7 heteroatoms. The molecule has 5 nitrogen and oxygen atoms in total. The Morgan fingerprint density at radius 2 is 2.00 bits per heavy atom. The van der Waals surface area contributed by atoms with E-state index in [0.29, 0.717) is 35.4 Å². The van der Waals surface area contributed by atoms with Crippen LogP contribution in [-0.4, -0.2) is 25.0 Å². The summed E-state index contributed by atoms with van der Waals surface area (Å²) >= 11 is 12.0. The van der Waals surface area contributed by atoms with Crippen molar-refractivity contribution in [2.75, 3.05) is 18.1 Å². The Balaban J connectivity index is 1.66. The van der Waals surface area contributed by atoms with E-state index in [9.17, 15) is 9.59 Å². The Kier molecular flexibility index (Phi) is 5.92. The summed E-state index contributed by atoms with van der Waals surface area (Å²) in [5.41, 5.74) is 2.70. The molecule has 0 aromatic heterocycles. The summed E-state index contributed by atoms with van der Waals surface area (Å²) < 4.78 is 5.69. The lowest BCUT2D eigenvalue weighted by Crippen LogP contribution is -2.37. The highest BCUT2D eigenvalue weighted by atomic mass is 35.5. The van der Waals surface area contributed by atoms with E-state index in [1.807, 2.05) is 25.1 Å². The number of nitrogens with zero attached hydrogens (tertiary/aromatic N) is 1. The quantitative estimate of drug-likeness (QED) is 0.727. The van der Waals surface area contributed by atoms with E-state index < -0.39 is 6.04 Å². The number of hydrogen-bond acceptors (Lipinski definition) is 3. The Hall–Kier alpha value is -2.24. The molecule has 1 atom stereocenters. The monoisotopic (exact) mass is 406 g/mol. The molecule has 1 aliphatic heterocycles. The molecule has 0 saturated heterocycles. The fraction of sp³-hybridized carbons (Fsp3) is 0.300. The summed E-state index contributed by atoms with van der Waals surface area (Å²) in [5.74, 6) is 0.194. The maximum absolute atomic E-state index is 12.8. The van der Waals surface area contributed by atoms with E-state index in [2.05, 4.69) is 5.32 Å². The Morgan fingerprint density at radius 3 is 2.70 bits per heavy atom. The number of halogens is 2. The molecule has 0 aliphatic carbocycles. The first-order chi connectivity index (χ1) is 12.9. The Labute approximate surface area is 168 Å². The molecule has 1 N–H and O–H groups in total. The number of fused-ring (bicyclic) bond motifs is 1. The summed E-state index contributed by atoms with van der Waals surface area (Å²) in [6.07, 6.45) is 0.616. The molecule has 27 heavy (non-hydrogen) atoms. The number of rotatable bonds is 6. The van der Waals surface area contributed by atoms with Crippen molar-refractivity contribution in [1.82, 2.24) is 5.32 Å². The zero-order chi connectivity index (χ0) is 19.6. The fourth-order valence-electron chi connectivity index (χ4n) is 3.13. The predicted molar refractivity (Wildman–Crippen MR) is 107 cm³/mol. The summed E-state index contributed by atoms with van der Waals surface area (Å²) in [4.78, 5) is 26.0. The third kappa shape index (κ3) is 4.37. The predicted octanol–water partition coefficient (Wildman–Crippen LogP) is 4.29. The van der Waals surface area contributed by atoms with E-state index in [-0.39, 0.29) is 11.8 Å². The Morgan fingerprint density at radius 1 is 1.22 bits per heavy atom. The second kappa shape index (κ2) is 8.19. The van der Waals surface area contributed by atoms with E-state index in [0.717, 1.165) is 16.8 Å². The van der Waals surface area contributed by atoms with Gasteiger partial charge in [0, 0.05) is 29.7 Å². The molecule has 0 radical (unpaired) electrons. The molecule has 0 unspecified atom stereocenters. The van der Waals surface area contributed by atoms with Crippen LogP contribution in [0.25, 0.3) is 0 Å². The second-order valence-electron chi connectivity index (χ2n) is 6.46.